The highest BCUT2D eigenvalue weighted by molar-refractivity contribution is 7.45. The van der Waals surface area contributed by atoms with Gasteiger partial charge in [-0.15, -0.1) is 0 Å². The van der Waals surface area contributed by atoms with Crippen molar-refractivity contribution in [3.8, 4) is 17.1 Å². The molecule has 0 aliphatic rings. The number of phosphoric ester groups is 1. The number of aromatic amines is 1. The fourth-order valence-corrected chi connectivity index (χ4v) is 3.02. The molecule has 138 valence electrons. The molecule has 0 saturated heterocycles. The highest BCUT2D eigenvalue weighted by atomic mass is 31.2. The van der Waals surface area contributed by atoms with Crippen LogP contribution in [0.25, 0.3) is 17.1 Å². The van der Waals surface area contributed by atoms with E-state index in [1.165, 1.54) is 5.56 Å². The quantitative estimate of drug-likeness (QED) is 0.529. The number of hydrogen-bond acceptors (Lipinski definition) is 4. The fraction of sp³-hybridized carbons (Fsp3) is 0.211. The molecule has 0 bridgehead atoms. The molecule has 1 aromatic heterocycles. The summed E-state index contributed by atoms with van der Waals surface area (Å²) in [5.74, 6) is 1.09. The summed E-state index contributed by atoms with van der Waals surface area (Å²) in [7, 11) is -3.94. The van der Waals surface area contributed by atoms with Crippen molar-refractivity contribution in [2.45, 2.75) is 13.8 Å². The topological polar surface area (TPSA) is 78.3 Å². The zero-order chi connectivity index (χ0) is 18.8. The Kier molecular flexibility index (Phi) is 7.75. The number of aromatic nitrogens is 2. The summed E-state index contributed by atoms with van der Waals surface area (Å²) in [5, 5.41) is 0. The van der Waals surface area contributed by atoms with E-state index in [0.29, 0.717) is 0 Å². The molecule has 0 spiro atoms. The third kappa shape index (κ3) is 5.93. The highest BCUT2D eigenvalue weighted by Crippen LogP contribution is 2.37. The van der Waals surface area contributed by atoms with Gasteiger partial charge in [-0.1, -0.05) is 36.4 Å². The van der Waals surface area contributed by atoms with Crippen molar-refractivity contribution < 1.29 is 23.1 Å². The lowest BCUT2D eigenvalue weighted by Crippen LogP contribution is -2.30. The molecule has 1 N–H and O–H groups in total. The Balaban J connectivity index is 0.000000232. The van der Waals surface area contributed by atoms with E-state index < -0.39 is 7.82 Å². The summed E-state index contributed by atoms with van der Waals surface area (Å²) in [5.41, 5.74) is 2.34. The van der Waals surface area contributed by atoms with Gasteiger partial charge in [0.05, 0.1) is 18.8 Å². The Labute approximate surface area is 153 Å². The van der Waals surface area contributed by atoms with Gasteiger partial charge in [-0.2, -0.15) is 4.57 Å². The number of phosphoric acid groups is 1. The molecule has 0 unspecified atom stereocenters. The minimum absolute atomic E-state index is 0.126. The molecule has 26 heavy (non-hydrogen) atoms. The summed E-state index contributed by atoms with van der Waals surface area (Å²) in [4.78, 5) is 13.7. The van der Waals surface area contributed by atoms with Crippen molar-refractivity contribution in [3.05, 3.63) is 73.1 Å². The van der Waals surface area contributed by atoms with E-state index in [2.05, 4.69) is 42.9 Å². The van der Waals surface area contributed by atoms with Gasteiger partial charge in [0.1, 0.15) is 18.1 Å². The Morgan fingerprint density at radius 2 is 1.50 bits per heavy atom. The van der Waals surface area contributed by atoms with Crippen LogP contribution in [0, 0.1) is 0 Å². The molecule has 0 aliphatic carbocycles. The van der Waals surface area contributed by atoms with E-state index in [-0.39, 0.29) is 13.2 Å². The predicted molar refractivity (Wildman–Crippen MR) is 98.6 cm³/mol. The minimum Gasteiger partial charge on any atom is -0.756 e. The molecule has 1 heterocycles. The maximum atomic E-state index is 10.4. The molecule has 0 fully saturated rings. The molecule has 0 aliphatic heterocycles. The molecular weight excluding hydrogens is 351 g/mol. The maximum Gasteiger partial charge on any atom is 0.291 e. The first-order valence-corrected chi connectivity index (χ1v) is 9.83. The van der Waals surface area contributed by atoms with Crippen LogP contribution in [0.2, 0.25) is 0 Å². The Morgan fingerprint density at radius 3 is 2.04 bits per heavy atom. The summed E-state index contributed by atoms with van der Waals surface area (Å²) in [6, 6.07) is 20.6. The van der Waals surface area contributed by atoms with Crippen LogP contribution < -0.4 is 9.46 Å². The molecule has 3 aromatic rings. The standard InChI is InChI=1S/C15H12N2.C4H11O4P/c1-3-7-13(8-4-1)15-16-11-12-17(15)14-9-5-2-6-10-14;1-3-7-9(5,6)8-4-2/h1-12H;3-4H2,1-2H3,(H,5,6). The molecule has 7 heteroatoms. The lowest BCUT2D eigenvalue weighted by molar-refractivity contribution is -0.582. The Bertz CT molecular complexity index is 758. The minimum atomic E-state index is -3.94. The third-order valence-corrected chi connectivity index (χ3v) is 4.49. The number of hydrogen-bond donors (Lipinski definition) is 1. The van der Waals surface area contributed by atoms with E-state index in [4.69, 9.17) is 0 Å². The van der Waals surface area contributed by atoms with Crippen LogP contribution in [0.1, 0.15) is 13.8 Å². The van der Waals surface area contributed by atoms with Crippen LogP contribution in [0.5, 0.6) is 0 Å². The fourth-order valence-electron chi connectivity index (χ4n) is 2.31. The van der Waals surface area contributed by atoms with Gasteiger partial charge in [-0.3, -0.25) is 4.57 Å². The number of rotatable bonds is 6. The second-order valence-electron chi connectivity index (χ2n) is 5.16. The van der Waals surface area contributed by atoms with Gasteiger partial charge < -0.3 is 13.9 Å². The molecule has 0 saturated carbocycles. The number of nitrogens with one attached hydrogen (secondary N) is 1. The molecule has 0 amide bonds. The van der Waals surface area contributed by atoms with Gasteiger partial charge in [0.2, 0.25) is 0 Å². The van der Waals surface area contributed by atoms with E-state index in [1.807, 2.05) is 48.8 Å². The monoisotopic (exact) mass is 374 g/mol. The lowest BCUT2D eigenvalue weighted by Gasteiger charge is -2.20. The first-order chi connectivity index (χ1) is 12.6. The van der Waals surface area contributed by atoms with Crippen LogP contribution in [-0.2, 0) is 13.6 Å². The van der Waals surface area contributed by atoms with Gasteiger partial charge in [-0.05, 0) is 38.1 Å². The van der Waals surface area contributed by atoms with Crippen molar-refractivity contribution in [2.75, 3.05) is 13.2 Å². The van der Waals surface area contributed by atoms with Crippen LogP contribution >= 0.6 is 7.82 Å². The number of imidazole rings is 1. The average molecular weight is 374 g/mol. The summed E-state index contributed by atoms with van der Waals surface area (Å²) in [6.07, 6.45) is 3.99. The van der Waals surface area contributed by atoms with Crippen molar-refractivity contribution in [1.29, 1.82) is 0 Å². The predicted octanol–water partition coefficient (Wildman–Crippen LogP) is 3.49. The van der Waals surface area contributed by atoms with Crippen molar-refractivity contribution >= 4 is 7.82 Å². The molecular formula is C19H23N2O4P. The first-order valence-electron chi connectivity index (χ1n) is 8.37. The second kappa shape index (κ2) is 10.0. The molecule has 6 nitrogen and oxygen atoms in total. The zero-order valence-corrected chi connectivity index (χ0v) is 15.8. The lowest BCUT2D eigenvalue weighted by atomic mass is 10.2. The van der Waals surface area contributed by atoms with Crippen LogP contribution in [-0.4, -0.2) is 18.2 Å². The molecule has 0 radical (unpaired) electrons. The normalized spacial score (nSPS) is 10.9. The third-order valence-electron chi connectivity index (χ3n) is 3.34. The summed E-state index contributed by atoms with van der Waals surface area (Å²) < 4.78 is 21.1. The highest BCUT2D eigenvalue weighted by Gasteiger charge is 2.13. The van der Waals surface area contributed by atoms with Crippen LogP contribution in [0.4, 0.5) is 0 Å². The number of H-pyrrole nitrogens is 1. The maximum absolute atomic E-state index is 10.4. The Hall–Kier alpha value is -2.24. The smallest absolute Gasteiger partial charge is 0.291 e. The molecule has 3 rings (SSSR count). The summed E-state index contributed by atoms with van der Waals surface area (Å²) >= 11 is 0. The second-order valence-corrected chi connectivity index (χ2v) is 6.57. The number of nitrogens with zero attached hydrogens (tertiary/aromatic N) is 1. The first kappa shape index (κ1) is 20.1. The largest absolute Gasteiger partial charge is 0.756 e. The molecule has 2 aromatic carbocycles. The zero-order valence-electron chi connectivity index (χ0n) is 14.9. The van der Waals surface area contributed by atoms with Gasteiger partial charge in [0.25, 0.3) is 13.6 Å². The van der Waals surface area contributed by atoms with E-state index in [0.717, 1.165) is 11.5 Å². The van der Waals surface area contributed by atoms with Crippen molar-refractivity contribution in [2.24, 2.45) is 0 Å². The van der Waals surface area contributed by atoms with E-state index in [9.17, 15) is 9.46 Å². The van der Waals surface area contributed by atoms with Gasteiger partial charge in [-0.25, -0.2) is 4.98 Å². The van der Waals surface area contributed by atoms with Gasteiger partial charge in [0, 0.05) is 0 Å². The average Bonchev–Trinajstić information content (AvgIpc) is 3.13. The van der Waals surface area contributed by atoms with Crippen molar-refractivity contribution in [3.63, 3.8) is 0 Å². The van der Waals surface area contributed by atoms with Crippen molar-refractivity contribution in [1.82, 2.24) is 4.98 Å². The molecule has 0 atom stereocenters. The van der Waals surface area contributed by atoms with Crippen LogP contribution in [0.15, 0.2) is 73.1 Å². The van der Waals surface area contributed by atoms with Gasteiger partial charge >= 0.3 is 0 Å². The number of para-hydroxylation sites is 1. The van der Waals surface area contributed by atoms with Gasteiger partial charge in [0.15, 0.2) is 0 Å². The van der Waals surface area contributed by atoms with E-state index in [1.54, 1.807) is 13.8 Å². The van der Waals surface area contributed by atoms with E-state index >= 15 is 0 Å². The Morgan fingerprint density at radius 1 is 0.962 bits per heavy atom. The SMILES string of the molecule is CCOP(=O)([O-])OCC.c1ccc(-c2[nH]cc[n+]2-c2ccccc2)cc1. The van der Waals surface area contributed by atoms with Crippen LogP contribution in [0.3, 0.4) is 0 Å². The number of benzene rings is 2. The summed E-state index contributed by atoms with van der Waals surface area (Å²) in [6.45, 7) is 3.43.